The minimum Gasteiger partial charge on any atom is -0.490 e. The van der Waals surface area contributed by atoms with Crippen molar-refractivity contribution < 1.29 is 40.9 Å². The zero-order valence-corrected chi connectivity index (χ0v) is 20.9. The highest BCUT2D eigenvalue weighted by Crippen LogP contribution is 2.36. The van der Waals surface area contributed by atoms with E-state index in [0.717, 1.165) is 12.1 Å². The largest absolute Gasteiger partial charge is 0.490 e. The quantitative estimate of drug-likeness (QED) is 0.601. The fourth-order valence-electron chi connectivity index (χ4n) is 4.73. The van der Waals surface area contributed by atoms with Gasteiger partial charge >= 0.3 is 6.18 Å². The SMILES string of the molecule is O=S(=O)(c1cc(N2CCC(Oc3ccc(C(F)(F)F)cc3)CC2)cc(C2(O)COC2)c1)N1CCOCC1. The standard InChI is InChI=1S/C25H29F3N2O6S/c26-25(27,28)18-1-3-21(4-2-18)36-22-5-7-29(8-6-22)20-13-19(24(31)16-35-17-24)14-23(15-20)37(32,33)30-9-11-34-12-10-30/h1-4,13-15,22,31H,5-12,16-17H2. The van der Waals surface area contributed by atoms with Gasteiger partial charge in [-0.05, 0) is 48.0 Å². The second-order valence-corrected chi connectivity index (χ2v) is 11.5. The third kappa shape index (κ3) is 5.58. The molecular formula is C25H29F3N2O6S. The predicted molar refractivity (Wildman–Crippen MR) is 128 cm³/mol. The maximum Gasteiger partial charge on any atom is 0.416 e. The van der Waals surface area contributed by atoms with Gasteiger partial charge < -0.3 is 24.2 Å². The Bertz CT molecular complexity index is 1200. The number of nitrogens with zero attached hydrogens (tertiary/aromatic N) is 2. The van der Waals surface area contributed by atoms with Crippen LogP contribution >= 0.6 is 0 Å². The summed E-state index contributed by atoms with van der Waals surface area (Å²) >= 11 is 0. The number of rotatable bonds is 6. The molecule has 2 aromatic carbocycles. The van der Waals surface area contributed by atoms with Crippen LogP contribution in [-0.2, 0) is 31.3 Å². The molecule has 1 N–H and O–H groups in total. The molecule has 37 heavy (non-hydrogen) atoms. The Kier molecular flexibility index (Phi) is 7.14. The van der Waals surface area contributed by atoms with Crippen molar-refractivity contribution in [2.24, 2.45) is 0 Å². The molecule has 0 amide bonds. The van der Waals surface area contributed by atoms with Crippen molar-refractivity contribution in [2.45, 2.75) is 35.6 Å². The van der Waals surface area contributed by atoms with Gasteiger partial charge in [-0.15, -0.1) is 0 Å². The highest BCUT2D eigenvalue weighted by Gasteiger charge is 2.40. The fraction of sp³-hybridized carbons (Fsp3) is 0.520. The summed E-state index contributed by atoms with van der Waals surface area (Å²) in [5, 5.41) is 10.9. The van der Waals surface area contributed by atoms with E-state index in [4.69, 9.17) is 14.2 Å². The average molecular weight is 543 g/mol. The van der Waals surface area contributed by atoms with Gasteiger partial charge in [-0.2, -0.15) is 17.5 Å². The summed E-state index contributed by atoms with van der Waals surface area (Å²) in [6, 6.07) is 9.61. The van der Waals surface area contributed by atoms with E-state index >= 15 is 0 Å². The Hall–Kier alpha value is -2.38. The van der Waals surface area contributed by atoms with Gasteiger partial charge in [-0.3, -0.25) is 0 Å². The van der Waals surface area contributed by atoms with Crippen LogP contribution in [0.25, 0.3) is 0 Å². The third-order valence-electron chi connectivity index (χ3n) is 7.01. The first-order chi connectivity index (χ1) is 17.5. The van der Waals surface area contributed by atoms with Crippen LogP contribution in [0.3, 0.4) is 0 Å². The minimum atomic E-state index is -4.40. The Labute approximate surface area is 213 Å². The molecule has 3 fully saturated rings. The van der Waals surface area contributed by atoms with Crippen LogP contribution < -0.4 is 9.64 Å². The second-order valence-electron chi connectivity index (χ2n) is 9.58. The number of alkyl halides is 3. The lowest BCUT2D eigenvalue weighted by molar-refractivity contribution is -0.184. The average Bonchev–Trinajstić information content (AvgIpc) is 2.88. The van der Waals surface area contributed by atoms with E-state index in [1.807, 2.05) is 4.90 Å². The van der Waals surface area contributed by atoms with Crippen molar-refractivity contribution in [3.8, 4) is 5.75 Å². The van der Waals surface area contributed by atoms with Crippen LogP contribution in [0.5, 0.6) is 5.75 Å². The smallest absolute Gasteiger partial charge is 0.416 e. The van der Waals surface area contributed by atoms with Gasteiger partial charge in [0.15, 0.2) is 0 Å². The molecule has 5 rings (SSSR count). The first-order valence-corrected chi connectivity index (χ1v) is 13.6. The third-order valence-corrected chi connectivity index (χ3v) is 8.89. The molecule has 0 radical (unpaired) electrons. The second kappa shape index (κ2) is 10.1. The molecule has 0 bridgehead atoms. The molecule has 202 valence electrons. The maximum atomic E-state index is 13.4. The number of sulfonamides is 1. The highest BCUT2D eigenvalue weighted by molar-refractivity contribution is 7.89. The van der Waals surface area contributed by atoms with Crippen molar-refractivity contribution >= 4 is 15.7 Å². The van der Waals surface area contributed by atoms with Gasteiger partial charge in [-0.1, -0.05) is 0 Å². The molecule has 3 saturated heterocycles. The van der Waals surface area contributed by atoms with E-state index < -0.39 is 27.4 Å². The molecule has 3 heterocycles. The number of anilines is 1. The Morgan fingerprint density at radius 1 is 0.946 bits per heavy atom. The summed E-state index contributed by atoms with van der Waals surface area (Å²) in [7, 11) is -3.79. The Balaban J connectivity index is 1.32. The summed E-state index contributed by atoms with van der Waals surface area (Å²) in [4.78, 5) is 2.16. The van der Waals surface area contributed by atoms with Gasteiger partial charge in [0.05, 0.1) is 36.9 Å². The summed E-state index contributed by atoms with van der Waals surface area (Å²) < 4.78 is 83.0. The van der Waals surface area contributed by atoms with Crippen molar-refractivity contribution in [3.63, 3.8) is 0 Å². The summed E-state index contributed by atoms with van der Waals surface area (Å²) in [5.41, 5.74) is -0.797. The molecule has 3 aliphatic heterocycles. The number of ether oxygens (including phenoxy) is 3. The molecule has 3 aliphatic rings. The lowest BCUT2D eigenvalue weighted by Gasteiger charge is -2.39. The lowest BCUT2D eigenvalue weighted by atomic mass is 9.91. The zero-order valence-electron chi connectivity index (χ0n) is 20.1. The highest BCUT2D eigenvalue weighted by atomic mass is 32.2. The first-order valence-electron chi connectivity index (χ1n) is 12.2. The number of hydrogen-bond donors (Lipinski definition) is 1. The van der Waals surface area contributed by atoms with E-state index in [-0.39, 0.29) is 37.3 Å². The summed E-state index contributed by atoms with van der Waals surface area (Å²) in [5.74, 6) is 0.375. The van der Waals surface area contributed by atoms with E-state index in [9.17, 15) is 26.7 Å². The molecule has 0 aliphatic carbocycles. The van der Waals surface area contributed by atoms with Crippen molar-refractivity contribution in [1.82, 2.24) is 4.31 Å². The molecule has 0 spiro atoms. The van der Waals surface area contributed by atoms with E-state index in [0.29, 0.717) is 56.1 Å². The Morgan fingerprint density at radius 3 is 2.16 bits per heavy atom. The number of hydrogen-bond acceptors (Lipinski definition) is 7. The van der Waals surface area contributed by atoms with Gasteiger partial charge in [0, 0.05) is 44.7 Å². The van der Waals surface area contributed by atoms with E-state index in [2.05, 4.69) is 0 Å². The molecule has 12 heteroatoms. The van der Waals surface area contributed by atoms with Gasteiger partial charge in [0.2, 0.25) is 10.0 Å². The maximum absolute atomic E-state index is 13.4. The van der Waals surface area contributed by atoms with Crippen LogP contribution in [0, 0.1) is 0 Å². The van der Waals surface area contributed by atoms with Crippen LogP contribution in [0.4, 0.5) is 18.9 Å². The van der Waals surface area contributed by atoms with Gasteiger partial charge in [0.1, 0.15) is 17.5 Å². The molecule has 0 unspecified atom stereocenters. The first kappa shape index (κ1) is 26.2. The number of morpholine rings is 1. The fourth-order valence-corrected chi connectivity index (χ4v) is 6.20. The number of piperidine rings is 1. The molecule has 0 atom stereocenters. The molecule has 0 saturated carbocycles. The van der Waals surface area contributed by atoms with E-state index in [1.165, 1.54) is 22.5 Å². The monoisotopic (exact) mass is 542 g/mol. The zero-order chi connectivity index (χ0) is 26.3. The van der Waals surface area contributed by atoms with Gasteiger partial charge in [0.25, 0.3) is 0 Å². The molecular weight excluding hydrogens is 513 g/mol. The topological polar surface area (TPSA) is 88.5 Å². The van der Waals surface area contributed by atoms with Crippen LogP contribution in [0.2, 0.25) is 0 Å². The minimum absolute atomic E-state index is 0.0938. The van der Waals surface area contributed by atoms with Crippen molar-refractivity contribution in [3.05, 3.63) is 53.6 Å². The summed E-state index contributed by atoms with van der Waals surface area (Å²) in [6.07, 6.45) is -3.38. The molecule has 2 aromatic rings. The van der Waals surface area contributed by atoms with Gasteiger partial charge in [-0.25, -0.2) is 8.42 Å². The Morgan fingerprint density at radius 2 is 1.59 bits per heavy atom. The normalized spacial score (nSPS) is 21.5. The number of halogens is 3. The van der Waals surface area contributed by atoms with Crippen molar-refractivity contribution in [1.29, 1.82) is 0 Å². The molecule has 8 nitrogen and oxygen atoms in total. The predicted octanol–water partition coefficient (Wildman–Crippen LogP) is 2.99. The van der Waals surface area contributed by atoms with Crippen LogP contribution in [0.15, 0.2) is 47.4 Å². The van der Waals surface area contributed by atoms with E-state index in [1.54, 1.807) is 12.1 Å². The number of aliphatic hydroxyl groups is 1. The van der Waals surface area contributed by atoms with Crippen LogP contribution in [-0.4, -0.2) is 76.5 Å². The summed E-state index contributed by atoms with van der Waals surface area (Å²) in [6.45, 7) is 2.49. The number of benzene rings is 2. The molecule has 0 aromatic heterocycles. The van der Waals surface area contributed by atoms with Crippen molar-refractivity contribution in [2.75, 3.05) is 57.5 Å². The lowest BCUT2D eigenvalue weighted by Crippen LogP contribution is -2.47. The van der Waals surface area contributed by atoms with Crippen LogP contribution in [0.1, 0.15) is 24.0 Å².